The summed E-state index contributed by atoms with van der Waals surface area (Å²) < 4.78 is 11.1. The normalized spacial score (nSPS) is 21.2. The fourth-order valence-electron chi connectivity index (χ4n) is 3.56. The van der Waals surface area contributed by atoms with Gasteiger partial charge in [-0.15, -0.1) is 0 Å². The van der Waals surface area contributed by atoms with Gasteiger partial charge in [0.15, 0.2) is 0 Å². The summed E-state index contributed by atoms with van der Waals surface area (Å²) in [6, 6.07) is 3.49. The maximum Gasteiger partial charge on any atom is 0.252 e. The number of pyridine rings is 1. The number of ether oxygens (including phenoxy) is 2. The maximum atomic E-state index is 12.1. The van der Waals surface area contributed by atoms with Crippen LogP contribution in [0.1, 0.15) is 30.1 Å². The summed E-state index contributed by atoms with van der Waals surface area (Å²) in [6.07, 6.45) is 5.02. The molecular formula is C18H25N3O4. The number of hydrogen-bond donors (Lipinski definition) is 1. The number of rotatable bonds is 7. The highest BCUT2D eigenvalue weighted by Crippen LogP contribution is 2.41. The van der Waals surface area contributed by atoms with E-state index in [0.717, 1.165) is 12.8 Å². The third-order valence-electron chi connectivity index (χ3n) is 5.00. The third kappa shape index (κ3) is 3.99. The zero-order chi connectivity index (χ0) is 17.7. The molecule has 7 heteroatoms. The average molecular weight is 347 g/mol. The molecular weight excluding hydrogens is 322 g/mol. The molecule has 0 saturated carbocycles. The van der Waals surface area contributed by atoms with Crippen molar-refractivity contribution in [1.82, 2.24) is 15.2 Å². The van der Waals surface area contributed by atoms with E-state index in [1.54, 1.807) is 29.4 Å². The van der Waals surface area contributed by atoms with Crippen LogP contribution in [0.5, 0.6) is 0 Å². The largest absolute Gasteiger partial charge is 0.372 e. The van der Waals surface area contributed by atoms with Gasteiger partial charge in [-0.25, -0.2) is 0 Å². The predicted octanol–water partition coefficient (Wildman–Crippen LogP) is 0.856. The lowest BCUT2D eigenvalue weighted by atomic mass is 9.79. The molecule has 1 spiro atoms. The van der Waals surface area contributed by atoms with Crippen LogP contribution in [-0.2, 0) is 14.3 Å². The van der Waals surface area contributed by atoms with Crippen molar-refractivity contribution >= 4 is 11.8 Å². The summed E-state index contributed by atoms with van der Waals surface area (Å²) in [5, 5.41) is 2.94. The molecule has 3 heterocycles. The summed E-state index contributed by atoms with van der Waals surface area (Å²) in [7, 11) is 0. The molecule has 2 aliphatic rings. The predicted molar refractivity (Wildman–Crippen MR) is 91.1 cm³/mol. The number of hydrogen-bond acceptors (Lipinski definition) is 5. The molecule has 2 aliphatic heterocycles. The Balaban J connectivity index is 1.44. The van der Waals surface area contributed by atoms with Crippen molar-refractivity contribution in [2.75, 3.05) is 39.5 Å². The smallest absolute Gasteiger partial charge is 0.252 e. The zero-order valence-corrected chi connectivity index (χ0v) is 14.6. The van der Waals surface area contributed by atoms with E-state index in [0.29, 0.717) is 44.3 Å². The average Bonchev–Trinajstić information content (AvgIpc) is 3.03. The Labute approximate surface area is 147 Å². The molecule has 3 rings (SSSR count). The van der Waals surface area contributed by atoms with Gasteiger partial charge in [0.25, 0.3) is 5.91 Å². The Bertz CT molecular complexity index is 602. The summed E-state index contributed by atoms with van der Waals surface area (Å²) in [5.74, 6) is 0.271. The van der Waals surface area contributed by atoms with Crippen LogP contribution in [0, 0.1) is 5.92 Å². The molecule has 1 aromatic heterocycles. The molecule has 2 amide bonds. The minimum absolute atomic E-state index is 0.0200. The van der Waals surface area contributed by atoms with Gasteiger partial charge in [0.1, 0.15) is 12.2 Å². The Morgan fingerprint density at radius 3 is 3.04 bits per heavy atom. The van der Waals surface area contributed by atoms with Gasteiger partial charge >= 0.3 is 0 Å². The van der Waals surface area contributed by atoms with Gasteiger partial charge in [-0.3, -0.25) is 14.6 Å². The number of carbonyl (C=O) groups is 2. The minimum Gasteiger partial charge on any atom is -0.372 e. The monoisotopic (exact) mass is 347 g/mol. The lowest BCUT2D eigenvalue weighted by Crippen LogP contribution is -2.66. The second kappa shape index (κ2) is 7.93. The fourth-order valence-corrected chi connectivity index (χ4v) is 3.56. The van der Waals surface area contributed by atoms with E-state index >= 15 is 0 Å². The first-order valence-electron chi connectivity index (χ1n) is 8.82. The van der Waals surface area contributed by atoms with Crippen LogP contribution in [0.15, 0.2) is 24.5 Å². The quantitative estimate of drug-likeness (QED) is 0.791. The van der Waals surface area contributed by atoms with Crippen molar-refractivity contribution in [2.24, 2.45) is 5.92 Å². The number of amides is 2. The second-order valence-electron chi connectivity index (χ2n) is 6.57. The Hall–Kier alpha value is -1.99. The third-order valence-corrected chi connectivity index (χ3v) is 5.00. The summed E-state index contributed by atoms with van der Waals surface area (Å²) in [4.78, 5) is 29.8. The molecule has 1 aromatic rings. The fraction of sp³-hybridized carbons (Fsp3) is 0.611. The Kier molecular flexibility index (Phi) is 5.65. The highest BCUT2D eigenvalue weighted by atomic mass is 16.5. The molecule has 1 unspecified atom stereocenters. The molecule has 0 aliphatic carbocycles. The SMILES string of the molecule is CCOCC(=O)N1CC2(C1)OCCC2CCNC(=O)c1cccnc1. The first-order valence-corrected chi connectivity index (χ1v) is 8.82. The van der Waals surface area contributed by atoms with Crippen molar-refractivity contribution in [1.29, 1.82) is 0 Å². The molecule has 1 N–H and O–H groups in total. The molecule has 1 atom stereocenters. The van der Waals surface area contributed by atoms with Gasteiger partial charge in [-0.05, 0) is 37.8 Å². The molecule has 0 radical (unpaired) electrons. The Morgan fingerprint density at radius 2 is 2.32 bits per heavy atom. The van der Waals surface area contributed by atoms with Crippen molar-refractivity contribution < 1.29 is 19.1 Å². The van der Waals surface area contributed by atoms with Crippen LogP contribution in [0.3, 0.4) is 0 Å². The van der Waals surface area contributed by atoms with Gasteiger partial charge < -0.3 is 19.7 Å². The summed E-state index contributed by atoms with van der Waals surface area (Å²) >= 11 is 0. The molecule has 0 aromatic carbocycles. The van der Waals surface area contributed by atoms with Crippen LogP contribution in [0.4, 0.5) is 0 Å². The van der Waals surface area contributed by atoms with E-state index in [2.05, 4.69) is 10.3 Å². The van der Waals surface area contributed by atoms with Crippen molar-refractivity contribution in [3.8, 4) is 0 Å². The molecule has 2 fully saturated rings. The molecule has 136 valence electrons. The van der Waals surface area contributed by atoms with E-state index in [4.69, 9.17) is 9.47 Å². The van der Waals surface area contributed by atoms with Gasteiger partial charge in [0.2, 0.25) is 5.91 Å². The number of likely N-dealkylation sites (tertiary alicyclic amines) is 1. The molecule has 25 heavy (non-hydrogen) atoms. The second-order valence-corrected chi connectivity index (χ2v) is 6.57. The highest BCUT2D eigenvalue weighted by Gasteiger charge is 2.53. The van der Waals surface area contributed by atoms with Crippen molar-refractivity contribution in [3.05, 3.63) is 30.1 Å². The van der Waals surface area contributed by atoms with Gasteiger partial charge in [-0.2, -0.15) is 0 Å². The highest BCUT2D eigenvalue weighted by molar-refractivity contribution is 5.93. The maximum absolute atomic E-state index is 12.1. The van der Waals surface area contributed by atoms with E-state index in [9.17, 15) is 9.59 Å². The zero-order valence-electron chi connectivity index (χ0n) is 14.6. The number of carbonyl (C=O) groups excluding carboxylic acids is 2. The van der Waals surface area contributed by atoms with Gasteiger partial charge in [0, 0.05) is 32.2 Å². The lowest BCUT2D eigenvalue weighted by molar-refractivity contribution is -0.169. The van der Waals surface area contributed by atoms with E-state index < -0.39 is 0 Å². The van der Waals surface area contributed by atoms with E-state index in [1.165, 1.54) is 0 Å². The number of nitrogens with one attached hydrogen (secondary N) is 1. The first kappa shape index (κ1) is 17.8. The minimum atomic E-state index is -0.235. The number of aromatic nitrogens is 1. The van der Waals surface area contributed by atoms with Crippen LogP contribution in [0.25, 0.3) is 0 Å². The molecule has 7 nitrogen and oxygen atoms in total. The van der Waals surface area contributed by atoms with E-state index in [1.807, 2.05) is 6.92 Å². The lowest BCUT2D eigenvalue weighted by Gasteiger charge is -2.50. The van der Waals surface area contributed by atoms with Crippen LogP contribution >= 0.6 is 0 Å². The standard InChI is InChI=1S/C18H25N3O4/c1-2-24-11-16(22)21-12-18(13-21)15(6-9-25-18)5-8-20-17(23)14-4-3-7-19-10-14/h3-4,7,10,15H,2,5-6,8-9,11-13H2,1H3,(H,20,23). The Morgan fingerprint density at radius 1 is 1.48 bits per heavy atom. The topological polar surface area (TPSA) is 80.8 Å². The van der Waals surface area contributed by atoms with Crippen LogP contribution in [0.2, 0.25) is 0 Å². The molecule has 2 saturated heterocycles. The summed E-state index contributed by atoms with van der Waals surface area (Å²) in [5.41, 5.74) is 0.331. The first-order chi connectivity index (χ1) is 12.1. The van der Waals surface area contributed by atoms with Gasteiger partial charge in [-0.1, -0.05) is 0 Å². The number of nitrogens with zero attached hydrogens (tertiary/aromatic N) is 2. The van der Waals surface area contributed by atoms with Gasteiger partial charge in [0.05, 0.1) is 18.7 Å². The van der Waals surface area contributed by atoms with Crippen molar-refractivity contribution in [2.45, 2.75) is 25.4 Å². The molecule has 0 bridgehead atoms. The van der Waals surface area contributed by atoms with Crippen LogP contribution < -0.4 is 5.32 Å². The van der Waals surface area contributed by atoms with E-state index in [-0.39, 0.29) is 24.0 Å². The van der Waals surface area contributed by atoms with Crippen LogP contribution in [-0.4, -0.2) is 66.8 Å². The summed E-state index contributed by atoms with van der Waals surface area (Å²) in [6.45, 7) is 5.12. The van der Waals surface area contributed by atoms with Crippen molar-refractivity contribution in [3.63, 3.8) is 0 Å².